The van der Waals surface area contributed by atoms with Crippen molar-refractivity contribution in [2.75, 3.05) is 0 Å². The Hall–Kier alpha value is -0.300. The van der Waals surface area contributed by atoms with E-state index in [2.05, 4.69) is 0 Å². The molecule has 0 saturated carbocycles. The minimum Gasteiger partial charge on any atom is -0.334 e. The molecule has 0 radical (unpaired) electrons. The first kappa shape index (κ1) is 10.8. The van der Waals surface area contributed by atoms with Gasteiger partial charge in [-0.15, -0.1) is 0 Å². The molecule has 0 aromatic heterocycles. The van der Waals surface area contributed by atoms with Gasteiger partial charge in [0.2, 0.25) is 6.17 Å². The molecule has 1 N–H and O–H groups in total. The normalized spacial score (nSPS) is 14.2. The summed E-state index contributed by atoms with van der Waals surface area (Å²) in [5.41, 5.74) is -0.229. The Labute approximate surface area is 86.7 Å². The fourth-order valence-electron chi connectivity index (χ4n) is 0.832. The zero-order valence-corrected chi connectivity index (χ0v) is 8.50. The zero-order chi connectivity index (χ0) is 10.1. The summed E-state index contributed by atoms with van der Waals surface area (Å²) in [4.78, 5) is 0. The van der Waals surface area contributed by atoms with E-state index < -0.39 is 12.3 Å². The molecule has 0 aliphatic carbocycles. The molecule has 1 nitrogen and oxygen atoms in total. The Bertz CT molecular complexity index is 280. The summed E-state index contributed by atoms with van der Waals surface area (Å²) in [6.45, 7) is 0. The van der Waals surface area contributed by atoms with E-state index in [-0.39, 0.29) is 5.56 Å². The van der Waals surface area contributed by atoms with E-state index in [1.54, 1.807) is 0 Å². The van der Waals surface area contributed by atoms with E-state index in [1.807, 2.05) is 22.6 Å². The maximum absolute atomic E-state index is 12.8. The number of hydrogen-bond donors (Lipinski definition) is 1. The lowest BCUT2D eigenvalue weighted by atomic mass is 10.1. The van der Waals surface area contributed by atoms with Crippen LogP contribution in [0.2, 0.25) is 0 Å². The van der Waals surface area contributed by atoms with Gasteiger partial charge in [0, 0.05) is 3.57 Å². The largest absolute Gasteiger partial charge is 0.388 e. The number of hydrogen-bond acceptors (Lipinski definition) is 1. The van der Waals surface area contributed by atoms with E-state index in [0.717, 1.165) is 3.57 Å². The van der Waals surface area contributed by atoms with E-state index in [4.69, 9.17) is 5.11 Å². The van der Waals surface area contributed by atoms with Crippen LogP contribution in [0, 0.1) is 3.57 Å². The van der Waals surface area contributed by atoms with Gasteiger partial charge in [-0.05, 0) is 40.3 Å². The highest BCUT2D eigenvalue weighted by Crippen LogP contribution is 2.32. The molecule has 1 aromatic carbocycles. The molecule has 0 bridgehead atoms. The zero-order valence-electron chi connectivity index (χ0n) is 6.35. The third-order valence-corrected chi connectivity index (χ3v) is 2.19. The van der Waals surface area contributed by atoms with Crippen LogP contribution in [0.4, 0.5) is 13.2 Å². The van der Waals surface area contributed by atoms with Gasteiger partial charge >= 0.3 is 6.11 Å². The van der Waals surface area contributed by atoms with Gasteiger partial charge in [0.05, 0.1) is 0 Å². The quantitative estimate of drug-likeness (QED) is 0.833. The SMILES string of the molecule is OC(F)(F)C(F)c1ccc(I)cc1. The summed E-state index contributed by atoms with van der Waals surface area (Å²) >= 11 is 1.97. The van der Waals surface area contributed by atoms with Crippen molar-refractivity contribution in [3.63, 3.8) is 0 Å². The summed E-state index contributed by atoms with van der Waals surface area (Å²) in [5.74, 6) is 0. The van der Waals surface area contributed by atoms with Gasteiger partial charge < -0.3 is 5.11 Å². The van der Waals surface area contributed by atoms with Crippen LogP contribution in [0.25, 0.3) is 0 Å². The van der Waals surface area contributed by atoms with E-state index in [1.165, 1.54) is 24.3 Å². The van der Waals surface area contributed by atoms with Crippen LogP contribution in [0.15, 0.2) is 24.3 Å². The van der Waals surface area contributed by atoms with E-state index in [9.17, 15) is 13.2 Å². The molecule has 0 spiro atoms. The Morgan fingerprint density at radius 3 is 2.08 bits per heavy atom. The molecule has 1 aromatic rings. The summed E-state index contributed by atoms with van der Waals surface area (Å²) < 4.78 is 37.7. The highest BCUT2D eigenvalue weighted by Gasteiger charge is 2.38. The number of alkyl halides is 3. The smallest absolute Gasteiger partial charge is 0.334 e. The molecule has 1 unspecified atom stereocenters. The summed E-state index contributed by atoms with van der Waals surface area (Å²) in [7, 11) is 0. The number of rotatable bonds is 2. The van der Waals surface area contributed by atoms with Crippen LogP contribution in [-0.2, 0) is 0 Å². The predicted molar refractivity (Wildman–Crippen MR) is 50.2 cm³/mol. The van der Waals surface area contributed by atoms with Crippen LogP contribution in [0.5, 0.6) is 0 Å². The van der Waals surface area contributed by atoms with Gasteiger partial charge in [0.15, 0.2) is 0 Å². The van der Waals surface area contributed by atoms with Crippen molar-refractivity contribution >= 4 is 22.6 Å². The topological polar surface area (TPSA) is 20.2 Å². The van der Waals surface area contributed by atoms with E-state index in [0.29, 0.717) is 0 Å². The minimum absolute atomic E-state index is 0.229. The molecule has 0 fully saturated rings. The van der Waals surface area contributed by atoms with Gasteiger partial charge in [-0.1, -0.05) is 12.1 Å². The number of aliphatic hydroxyl groups is 1. The summed E-state index contributed by atoms with van der Waals surface area (Å²) in [6.07, 6.45) is -6.98. The molecule has 1 rings (SSSR count). The molecule has 0 aliphatic rings. The summed E-state index contributed by atoms with van der Waals surface area (Å²) in [6, 6.07) is 5.43. The third-order valence-electron chi connectivity index (χ3n) is 1.47. The molecule has 0 amide bonds. The molecule has 0 saturated heterocycles. The lowest BCUT2D eigenvalue weighted by Crippen LogP contribution is -2.22. The Balaban J connectivity index is 2.90. The molecule has 1 atom stereocenters. The van der Waals surface area contributed by atoms with Gasteiger partial charge in [-0.2, -0.15) is 8.78 Å². The van der Waals surface area contributed by atoms with Gasteiger partial charge in [-0.25, -0.2) is 4.39 Å². The van der Waals surface area contributed by atoms with Crippen LogP contribution >= 0.6 is 22.6 Å². The van der Waals surface area contributed by atoms with Gasteiger partial charge in [0.1, 0.15) is 0 Å². The predicted octanol–water partition coefficient (Wildman–Crippen LogP) is 2.89. The van der Waals surface area contributed by atoms with Crippen molar-refractivity contribution in [1.29, 1.82) is 0 Å². The monoisotopic (exact) mass is 302 g/mol. The molecule has 0 aliphatic heterocycles. The van der Waals surface area contributed by atoms with Crippen LogP contribution in [0.3, 0.4) is 0 Å². The Kier molecular flexibility index (Phi) is 3.18. The molecular weight excluding hydrogens is 296 g/mol. The fraction of sp³-hybridized carbons (Fsp3) is 0.250. The van der Waals surface area contributed by atoms with Crippen molar-refractivity contribution in [2.24, 2.45) is 0 Å². The molecule has 0 heterocycles. The average molecular weight is 302 g/mol. The first-order valence-corrected chi connectivity index (χ1v) is 4.49. The number of halogens is 4. The van der Waals surface area contributed by atoms with Crippen LogP contribution in [0.1, 0.15) is 11.7 Å². The van der Waals surface area contributed by atoms with Gasteiger partial charge in [0.25, 0.3) is 0 Å². The maximum Gasteiger partial charge on any atom is 0.388 e. The Morgan fingerprint density at radius 2 is 1.69 bits per heavy atom. The van der Waals surface area contributed by atoms with Crippen LogP contribution < -0.4 is 0 Å². The average Bonchev–Trinajstić information content (AvgIpc) is 2.03. The minimum atomic E-state index is -4.31. The second-order valence-electron chi connectivity index (χ2n) is 2.50. The number of benzene rings is 1. The maximum atomic E-state index is 12.8. The lowest BCUT2D eigenvalue weighted by Gasteiger charge is -2.14. The highest BCUT2D eigenvalue weighted by molar-refractivity contribution is 14.1. The van der Waals surface area contributed by atoms with E-state index >= 15 is 0 Å². The standard InChI is InChI=1S/C8H6F3IO/c9-7(8(10,11)13)5-1-3-6(12)4-2-5/h1-4,7,13H. The van der Waals surface area contributed by atoms with Crippen molar-refractivity contribution in [3.8, 4) is 0 Å². The summed E-state index contributed by atoms with van der Waals surface area (Å²) in [5, 5.41) is 8.10. The first-order chi connectivity index (χ1) is 5.91. The fourth-order valence-corrected chi connectivity index (χ4v) is 1.19. The highest BCUT2D eigenvalue weighted by atomic mass is 127. The van der Waals surface area contributed by atoms with Crippen molar-refractivity contribution < 1.29 is 18.3 Å². The van der Waals surface area contributed by atoms with Crippen LogP contribution in [-0.4, -0.2) is 11.2 Å². The molecular formula is C8H6F3IO. The molecule has 5 heteroatoms. The van der Waals surface area contributed by atoms with Crippen molar-refractivity contribution in [1.82, 2.24) is 0 Å². The molecule has 72 valence electrons. The second-order valence-corrected chi connectivity index (χ2v) is 3.75. The Morgan fingerprint density at radius 1 is 1.23 bits per heavy atom. The van der Waals surface area contributed by atoms with Crippen molar-refractivity contribution in [3.05, 3.63) is 33.4 Å². The first-order valence-electron chi connectivity index (χ1n) is 3.41. The van der Waals surface area contributed by atoms with Gasteiger partial charge in [-0.3, -0.25) is 0 Å². The van der Waals surface area contributed by atoms with Crippen molar-refractivity contribution in [2.45, 2.75) is 12.3 Å². The lowest BCUT2D eigenvalue weighted by molar-refractivity contribution is -0.242. The molecule has 13 heavy (non-hydrogen) atoms. The third kappa shape index (κ3) is 2.84. The second kappa shape index (κ2) is 3.83.